The van der Waals surface area contributed by atoms with Gasteiger partial charge in [0.15, 0.2) is 17.1 Å². The molecule has 1 aromatic carbocycles. The van der Waals surface area contributed by atoms with Crippen molar-refractivity contribution in [2.45, 2.75) is 32.5 Å². The van der Waals surface area contributed by atoms with E-state index in [4.69, 9.17) is 21.1 Å². The number of piperazine rings is 1. The van der Waals surface area contributed by atoms with E-state index in [1.54, 1.807) is 47.0 Å². The fraction of sp³-hybridized carbons (Fsp3) is 0.419. The number of aromatic nitrogens is 6. The molecular formula is C31H35ClF3N9O2. The quantitative estimate of drug-likeness (QED) is 0.158. The highest BCUT2D eigenvalue weighted by Crippen LogP contribution is 2.38. The van der Waals surface area contributed by atoms with Crippen LogP contribution in [0.5, 0.6) is 11.5 Å². The Morgan fingerprint density at radius 2 is 1.83 bits per heavy atom. The van der Waals surface area contributed by atoms with Crippen LogP contribution in [0, 0.1) is 0 Å². The maximum Gasteiger partial charge on any atom is 0.416 e. The number of unbranched alkanes of at least 4 members (excludes halogenated alkanes) is 1. The minimum Gasteiger partial charge on any atom is -0.450 e. The lowest BCUT2D eigenvalue weighted by atomic mass is 10.0. The second kappa shape index (κ2) is 13.8. The first-order valence-electron chi connectivity index (χ1n) is 15.2. The molecule has 0 bridgehead atoms. The highest BCUT2D eigenvalue weighted by atomic mass is 35.5. The van der Waals surface area contributed by atoms with Crippen LogP contribution in [0.15, 0.2) is 49.2 Å². The Hall–Kier alpha value is -3.98. The summed E-state index contributed by atoms with van der Waals surface area (Å²) in [4.78, 5) is 17.3. The summed E-state index contributed by atoms with van der Waals surface area (Å²) in [5.41, 5.74) is 1.19. The van der Waals surface area contributed by atoms with E-state index < -0.39 is 11.7 Å². The van der Waals surface area contributed by atoms with Gasteiger partial charge in [0, 0.05) is 71.0 Å². The number of alkyl halides is 3. The van der Waals surface area contributed by atoms with Crippen molar-refractivity contribution in [3.05, 3.63) is 65.3 Å². The molecule has 0 amide bonds. The Morgan fingerprint density at radius 1 is 1.02 bits per heavy atom. The molecule has 5 heterocycles. The van der Waals surface area contributed by atoms with E-state index in [1.807, 2.05) is 0 Å². The van der Waals surface area contributed by atoms with Crippen molar-refractivity contribution in [2.75, 3.05) is 51.3 Å². The molecule has 0 saturated carbocycles. The first-order chi connectivity index (χ1) is 22.2. The van der Waals surface area contributed by atoms with Gasteiger partial charge in [0.25, 0.3) is 0 Å². The number of pyridine rings is 1. The lowest BCUT2D eigenvalue weighted by Crippen LogP contribution is -2.47. The molecule has 0 radical (unpaired) electrons. The van der Waals surface area contributed by atoms with Gasteiger partial charge in [0.05, 0.1) is 30.8 Å². The van der Waals surface area contributed by atoms with Gasteiger partial charge >= 0.3 is 6.18 Å². The number of rotatable bonds is 12. The molecule has 15 heteroatoms. The molecule has 1 aliphatic heterocycles. The van der Waals surface area contributed by atoms with Gasteiger partial charge in [-0.25, -0.2) is 9.50 Å². The number of nitrogens with zero attached hydrogens (tertiary/aromatic N) is 8. The zero-order valence-electron chi connectivity index (χ0n) is 25.6. The first kappa shape index (κ1) is 32.0. The van der Waals surface area contributed by atoms with E-state index in [0.717, 1.165) is 45.1 Å². The third-order valence-electron chi connectivity index (χ3n) is 8.04. The van der Waals surface area contributed by atoms with E-state index in [2.05, 4.69) is 42.1 Å². The van der Waals surface area contributed by atoms with Gasteiger partial charge in [0.1, 0.15) is 16.1 Å². The molecule has 0 atom stereocenters. The third-order valence-corrected chi connectivity index (χ3v) is 8.40. The Labute approximate surface area is 268 Å². The van der Waals surface area contributed by atoms with E-state index in [0.29, 0.717) is 42.1 Å². The molecule has 11 nitrogen and oxygen atoms in total. The number of fused-ring (bicyclic) bond motifs is 2. The molecule has 1 aliphatic rings. The summed E-state index contributed by atoms with van der Waals surface area (Å²) in [6.45, 7) is 7.60. The number of nitrogens with one attached hydrogen (secondary N) is 1. The van der Waals surface area contributed by atoms with Crippen molar-refractivity contribution in [3.8, 4) is 11.5 Å². The van der Waals surface area contributed by atoms with Crippen molar-refractivity contribution >= 4 is 39.9 Å². The van der Waals surface area contributed by atoms with Crippen LogP contribution in [0.1, 0.15) is 30.9 Å². The van der Waals surface area contributed by atoms with Crippen LogP contribution in [-0.2, 0) is 24.5 Å². The van der Waals surface area contributed by atoms with Gasteiger partial charge in [-0.2, -0.15) is 23.3 Å². The van der Waals surface area contributed by atoms with Gasteiger partial charge < -0.3 is 19.4 Å². The molecule has 0 unspecified atom stereocenters. The minimum atomic E-state index is -4.53. The lowest BCUT2D eigenvalue weighted by Gasteiger charge is -2.35. The van der Waals surface area contributed by atoms with Gasteiger partial charge in [-0.05, 0) is 24.1 Å². The average Bonchev–Trinajstić information content (AvgIpc) is 3.60. The number of aryl methyl sites for hydroxylation is 1. The number of anilines is 2. The minimum absolute atomic E-state index is 0.216. The Bertz CT molecular complexity index is 1800. The normalized spacial score (nSPS) is 14.8. The smallest absolute Gasteiger partial charge is 0.416 e. The summed E-state index contributed by atoms with van der Waals surface area (Å²) in [7, 11) is 1.70. The fourth-order valence-electron chi connectivity index (χ4n) is 5.44. The van der Waals surface area contributed by atoms with Gasteiger partial charge in [-0.1, -0.05) is 31.0 Å². The van der Waals surface area contributed by atoms with E-state index in [-0.39, 0.29) is 34.5 Å². The fourth-order valence-corrected chi connectivity index (χ4v) is 5.74. The number of hydrogen-bond donors (Lipinski definition) is 1. The number of hydrogen-bond acceptors (Lipinski definition) is 9. The third kappa shape index (κ3) is 7.04. The molecule has 1 saturated heterocycles. The second-order valence-electron chi connectivity index (χ2n) is 11.2. The number of ether oxygens (including phenoxy) is 2. The Balaban J connectivity index is 1.15. The van der Waals surface area contributed by atoms with Crippen LogP contribution in [-0.4, -0.2) is 84.9 Å². The monoisotopic (exact) mass is 657 g/mol. The zero-order valence-corrected chi connectivity index (χ0v) is 26.4. The summed E-state index contributed by atoms with van der Waals surface area (Å²) in [5, 5.41) is 7.49. The summed E-state index contributed by atoms with van der Waals surface area (Å²) < 4.78 is 57.7. The first-order valence-corrected chi connectivity index (χ1v) is 15.5. The van der Waals surface area contributed by atoms with Gasteiger partial charge in [-0.15, -0.1) is 0 Å². The maximum atomic E-state index is 14.3. The summed E-state index contributed by atoms with van der Waals surface area (Å²) >= 11 is 6.72. The standard InChI is InChI=1S/C31H35ClF3N9O2/c1-3-4-14-45-15-13-42-9-11-43(12-10-42)20-21-5-6-22(16-23(21)31(33,34)35)39-30-40-29-28(41(30)2)27(32)26(18-37-29)46-25-19-38-44-8-7-36-17-24(25)44/h5-8,16-19H,3-4,9-15,20H2,1-2H3,(H,37,39,40). The highest BCUT2D eigenvalue weighted by molar-refractivity contribution is 6.36. The molecule has 4 aromatic heterocycles. The van der Waals surface area contributed by atoms with Crippen molar-refractivity contribution < 1.29 is 22.6 Å². The molecule has 6 rings (SSSR count). The van der Waals surface area contributed by atoms with Crippen molar-refractivity contribution in [1.29, 1.82) is 0 Å². The van der Waals surface area contributed by atoms with E-state index >= 15 is 0 Å². The highest BCUT2D eigenvalue weighted by Gasteiger charge is 2.34. The largest absolute Gasteiger partial charge is 0.450 e. The zero-order chi connectivity index (χ0) is 32.3. The van der Waals surface area contributed by atoms with Crippen molar-refractivity contribution in [1.82, 2.24) is 38.9 Å². The topological polar surface area (TPSA) is 97.9 Å². The van der Waals surface area contributed by atoms with Gasteiger partial charge in [0.2, 0.25) is 5.95 Å². The number of imidazole rings is 1. The molecule has 0 spiro atoms. The van der Waals surface area contributed by atoms with Crippen LogP contribution in [0.25, 0.3) is 16.7 Å². The predicted octanol–water partition coefficient (Wildman–Crippen LogP) is 6.15. The SMILES string of the molecule is CCCCOCCN1CCN(Cc2ccc(Nc3nc4ncc(Oc5cnn6ccncc56)c(Cl)c4n3C)cc2C(F)(F)F)CC1. The van der Waals surface area contributed by atoms with Crippen molar-refractivity contribution in [2.24, 2.45) is 7.05 Å². The molecule has 1 fully saturated rings. The lowest BCUT2D eigenvalue weighted by molar-refractivity contribution is -0.138. The predicted molar refractivity (Wildman–Crippen MR) is 169 cm³/mol. The van der Waals surface area contributed by atoms with Crippen LogP contribution in [0.4, 0.5) is 24.8 Å². The van der Waals surface area contributed by atoms with Crippen LogP contribution < -0.4 is 10.1 Å². The molecule has 1 N–H and O–H groups in total. The molecule has 5 aromatic rings. The van der Waals surface area contributed by atoms with Crippen LogP contribution in [0.2, 0.25) is 5.02 Å². The average molecular weight is 658 g/mol. The molecular weight excluding hydrogens is 623 g/mol. The van der Waals surface area contributed by atoms with E-state index in [1.165, 1.54) is 12.3 Å². The molecule has 46 heavy (non-hydrogen) atoms. The van der Waals surface area contributed by atoms with Crippen LogP contribution in [0.3, 0.4) is 0 Å². The van der Waals surface area contributed by atoms with Crippen molar-refractivity contribution in [3.63, 3.8) is 0 Å². The molecule has 244 valence electrons. The molecule has 0 aliphatic carbocycles. The number of benzene rings is 1. The summed E-state index contributed by atoms with van der Waals surface area (Å²) in [6.07, 6.45) is 5.52. The number of halogens is 4. The van der Waals surface area contributed by atoms with E-state index in [9.17, 15) is 13.2 Å². The summed E-state index contributed by atoms with van der Waals surface area (Å²) in [5.74, 6) is 0.982. The maximum absolute atomic E-state index is 14.3. The van der Waals surface area contributed by atoms with Crippen LogP contribution >= 0.6 is 11.6 Å². The Morgan fingerprint density at radius 3 is 2.61 bits per heavy atom. The van der Waals surface area contributed by atoms with Gasteiger partial charge in [-0.3, -0.25) is 14.8 Å². The summed E-state index contributed by atoms with van der Waals surface area (Å²) in [6, 6.07) is 4.29. The second-order valence-corrected chi connectivity index (χ2v) is 11.6. The Kier molecular flexibility index (Phi) is 9.59.